The SMILES string of the molecule is COCCc1cc(Cl)c(=O)[nH]n1. The minimum absolute atomic E-state index is 0.163. The van der Waals surface area contributed by atoms with Gasteiger partial charge >= 0.3 is 0 Å². The average Bonchev–Trinajstić information content (AvgIpc) is 2.07. The van der Waals surface area contributed by atoms with Crippen LogP contribution < -0.4 is 5.56 Å². The molecule has 1 aromatic rings. The molecule has 0 amide bonds. The highest BCUT2D eigenvalue weighted by molar-refractivity contribution is 6.30. The van der Waals surface area contributed by atoms with Crippen LogP contribution in [0.1, 0.15) is 5.69 Å². The summed E-state index contributed by atoms with van der Waals surface area (Å²) in [4.78, 5) is 10.8. The minimum Gasteiger partial charge on any atom is -0.384 e. The van der Waals surface area contributed by atoms with Crippen molar-refractivity contribution in [2.45, 2.75) is 6.42 Å². The van der Waals surface area contributed by atoms with E-state index < -0.39 is 0 Å². The summed E-state index contributed by atoms with van der Waals surface area (Å²) in [6.45, 7) is 0.565. The summed E-state index contributed by atoms with van der Waals surface area (Å²) in [5, 5.41) is 6.22. The first-order valence-electron chi connectivity index (χ1n) is 3.47. The largest absolute Gasteiger partial charge is 0.384 e. The van der Waals surface area contributed by atoms with Gasteiger partial charge in [-0.3, -0.25) is 4.79 Å². The van der Waals surface area contributed by atoms with E-state index in [1.807, 2.05) is 0 Å². The van der Waals surface area contributed by atoms with E-state index in [0.717, 1.165) is 5.69 Å². The molecule has 1 heterocycles. The van der Waals surface area contributed by atoms with Gasteiger partial charge in [0.2, 0.25) is 0 Å². The molecule has 12 heavy (non-hydrogen) atoms. The number of nitrogens with one attached hydrogen (secondary N) is 1. The third-order valence-electron chi connectivity index (χ3n) is 1.37. The molecule has 66 valence electrons. The van der Waals surface area contributed by atoms with Crippen LogP contribution in [0.3, 0.4) is 0 Å². The van der Waals surface area contributed by atoms with Crippen molar-refractivity contribution in [2.75, 3.05) is 13.7 Å². The van der Waals surface area contributed by atoms with E-state index >= 15 is 0 Å². The smallest absolute Gasteiger partial charge is 0.282 e. The van der Waals surface area contributed by atoms with Gasteiger partial charge in [-0.15, -0.1) is 0 Å². The van der Waals surface area contributed by atoms with E-state index in [1.165, 1.54) is 0 Å². The van der Waals surface area contributed by atoms with Gasteiger partial charge in [0, 0.05) is 13.5 Å². The molecule has 1 aromatic heterocycles. The predicted octanol–water partition coefficient (Wildman–Crippen LogP) is 0.612. The van der Waals surface area contributed by atoms with Gasteiger partial charge in [-0.25, -0.2) is 5.10 Å². The van der Waals surface area contributed by atoms with Crippen LogP contribution >= 0.6 is 11.6 Å². The number of rotatable bonds is 3. The molecule has 1 rings (SSSR count). The van der Waals surface area contributed by atoms with Gasteiger partial charge in [-0.1, -0.05) is 11.6 Å². The summed E-state index contributed by atoms with van der Waals surface area (Å²) < 4.78 is 4.84. The first-order valence-corrected chi connectivity index (χ1v) is 3.85. The standard InChI is InChI=1S/C7H9ClN2O2/c1-12-3-2-5-4-6(8)7(11)10-9-5/h4H,2-3H2,1H3,(H,10,11). The van der Waals surface area contributed by atoms with E-state index in [9.17, 15) is 4.79 Å². The topological polar surface area (TPSA) is 55.0 Å². The van der Waals surface area contributed by atoms with E-state index in [2.05, 4.69) is 10.2 Å². The van der Waals surface area contributed by atoms with Crippen LogP contribution in [0.25, 0.3) is 0 Å². The quantitative estimate of drug-likeness (QED) is 0.757. The third-order valence-corrected chi connectivity index (χ3v) is 1.65. The van der Waals surface area contributed by atoms with E-state index in [4.69, 9.17) is 16.3 Å². The average molecular weight is 189 g/mol. The number of methoxy groups -OCH3 is 1. The van der Waals surface area contributed by atoms with Crippen molar-refractivity contribution in [3.8, 4) is 0 Å². The Kier molecular flexibility index (Phi) is 3.25. The fourth-order valence-corrected chi connectivity index (χ4v) is 0.923. The van der Waals surface area contributed by atoms with Crippen molar-refractivity contribution < 1.29 is 4.74 Å². The Labute approximate surface area is 74.5 Å². The highest BCUT2D eigenvalue weighted by Crippen LogP contribution is 2.01. The first kappa shape index (κ1) is 9.22. The Morgan fingerprint density at radius 2 is 2.50 bits per heavy atom. The number of nitrogens with zero attached hydrogens (tertiary/aromatic N) is 1. The zero-order valence-electron chi connectivity index (χ0n) is 6.63. The summed E-state index contributed by atoms with van der Waals surface area (Å²) in [7, 11) is 1.60. The van der Waals surface area contributed by atoms with Gasteiger partial charge in [0.1, 0.15) is 5.02 Å². The van der Waals surface area contributed by atoms with Gasteiger partial charge in [0.05, 0.1) is 12.3 Å². The molecule has 0 saturated heterocycles. The Morgan fingerprint density at radius 1 is 1.75 bits per heavy atom. The molecule has 0 aliphatic carbocycles. The minimum atomic E-state index is -0.363. The maximum Gasteiger partial charge on any atom is 0.282 e. The van der Waals surface area contributed by atoms with Crippen molar-refractivity contribution >= 4 is 11.6 Å². The second kappa shape index (κ2) is 4.23. The van der Waals surface area contributed by atoms with Crippen LogP contribution in [-0.4, -0.2) is 23.9 Å². The molecule has 0 atom stereocenters. The molecule has 0 aromatic carbocycles. The van der Waals surface area contributed by atoms with Crippen LogP contribution in [0.2, 0.25) is 5.02 Å². The monoisotopic (exact) mass is 188 g/mol. The van der Waals surface area contributed by atoms with Gasteiger partial charge in [-0.05, 0) is 6.07 Å². The van der Waals surface area contributed by atoms with E-state index in [-0.39, 0.29) is 10.6 Å². The summed E-state index contributed by atoms with van der Waals surface area (Å²) >= 11 is 5.57. The molecular formula is C7H9ClN2O2. The molecule has 0 saturated carbocycles. The second-order valence-electron chi connectivity index (χ2n) is 2.28. The van der Waals surface area contributed by atoms with E-state index in [1.54, 1.807) is 13.2 Å². The zero-order chi connectivity index (χ0) is 8.97. The van der Waals surface area contributed by atoms with Crippen LogP contribution in [-0.2, 0) is 11.2 Å². The van der Waals surface area contributed by atoms with Crippen LogP contribution in [0.4, 0.5) is 0 Å². The normalized spacial score (nSPS) is 10.2. The Morgan fingerprint density at radius 3 is 3.08 bits per heavy atom. The predicted molar refractivity (Wildman–Crippen MR) is 45.4 cm³/mol. The van der Waals surface area contributed by atoms with Crippen LogP contribution in [0, 0.1) is 0 Å². The zero-order valence-corrected chi connectivity index (χ0v) is 7.39. The maximum atomic E-state index is 10.8. The number of halogens is 1. The molecule has 0 unspecified atom stereocenters. The summed E-state index contributed by atoms with van der Waals surface area (Å²) in [5.74, 6) is 0. The highest BCUT2D eigenvalue weighted by Gasteiger charge is 1.99. The molecule has 0 fully saturated rings. The molecule has 1 N–H and O–H groups in total. The Hall–Kier alpha value is -0.870. The lowest BCUT2D eigenvalue weighted by atomic mass is 10.3. The number of ether oxygens (including phenoxy) is 1. The number of hydrogen-bond acceptors (Lipinski definition) is 3. The lowest BCUT2D eigenvalue weighted by molar-refractivity contribution is 0.201. The van der Waals surface area contributed by atoms with Gasteiger partial charge in [0.25, 0.3) is 5.56 Å². The number of H-pyrrole nitrogens is 1. The highest BCUT2D eigenvalue weighted by atomic mass is 35.5. The van der Waals surface area contributed by atoms with Crippen LogP contribution in [0.5, 0.6) is 0 Å². The summed E-state index contributed by atoms with van der Waals surface area (Å²) in [6, 6.07) is 1.54. The lowest BCUT2D eigenvalue weighted by Crippen LogP contribution is -2.11. The van der Waals surface area contributed by atoms with E-state index in [0.29, 0.717) is 13.0 Å². The van der Waals surface area contributed by atoms with Crippen molar-refractivity contribution in [1.82, 2.24) is 10.2 Å². The van der Waals surface area contributed by atoms with Crippen LogP contribution in [0.15, 0.2) is 10.9 Å². The number of hydrogen-bond donors (Lipinski definition) is 1. The molecule has 5 heteroatoms. The molecule has 0 radical (unpaired) electrons. The summed E-state index contributed by atoms with van der Waals surface area (Å²) in [5.41, 5.74) is 0.360. The van der Waals surface area contributed by atoms with Crippen molar-refractivity contribution in [3.63, 3.8) is 0 Å². The van der Waals surface area contributed by atoms with Crippen molar-refractivity contribution in [3.05, 3.63) is 27.1 Å². The third kappa shape index (κ3) is 2.32. The second-order valence-corrected chi connectivity index (χ2v) is 2.69. The lowest BCUT2D eigenvalue weighted by Gasteiger charge is -1.97. The molecule has 0 spiro atoms. The fourth-order valence-electron chi connectivity index (χ4n) is 0.755. The number of aromatic amines is 1. The molecule has 0 bridgehead atoms. The van der Waals surface area contributed by atoms with Gasteiger partial charge in [0.15, 0.2) is 0 Å². The Balaban J connectivity index is 2.75. The van der Waals surface area contributed by atoms with Gasteiger partial charge < -0.3 is 4.74 Å². The summed E-state index contributed by atoms with van der Waals surface area (Å²) in [6.07, 6.45) is 0.646. The fraction of sp³-hybridized carbons (Fsp3) is 0.429. The Bertz CT molecular complexity index is 311. The first-order chi connectivity index (χ1) is 5.74. The maximum absolute atomic E-state index is 10.8. The molecule has 0 aliphatic heterocycles. The number of aromatic nitrogens is 2. The molecule has 0 aliphatic rings. The van der Waals surface area contributed by atoms with Gasteiger partial charge in [-0.2, -0.15) is 5.10 Å². The molecular weight excluding hydrogens is 180 g/mol. The van der Waals surface area contributed by atoms with Crippen molar-refractivity contribution in [2.24, 2.45) is 0 Å². The molecule has 4 nitrogen and oxygen atoms in total. The van der Waals surface area contributed by atoms with Crippen molar-refractivity contribution in [1.29, 1.82) is 0 Å².